The summed E-state index contributed by atoms with van der Waals surface area (Å²) in [6, 6.07) is 3.37. The molecule has 0 amide bonds. The van der Waals surface area contributed by atoms with Crippen molar-refractivity contribution in [1.29, 1.82) is 0 Å². The Morgan fingerprint density at radius 1 is 1.16 bits per heavy atom. The highest BCUT2D eigenvalue weighted by atomic mass is 16.7. The van der Waals surface area contributed by atoms with E-state index in [-0.39, 0.29) is 41.5 Å². The first kappa shape index (κ1) is 20.6. The number of hydrogen-bond donors (Lipinski definition) is 3. The second-order valence-corrected chi connectivity index (χ2v) is 9.56. The van der Waals surface area contributed by atoms with E-state index in [1.165, 1.54) is 6.07 Å². The van der Waals surface area contributed by atoms with Crippen LogP contribution in [0.4, 0.5) is 0 Å². The Hall–Kier alpha value is -2.04. The van der Waals surface area contributed by atoms with Gasteiger partial charge in [-0.1, -0.05) is 6.07 Å². The molecule has 1 aromatic carbocycles. The lowest BCUT2D eigenvalue weighted by atomic mass is 9.65. The summed E-state index contributed by atoms with van der Waals surface area (Å²) in [6.45, 7) is 3.69. The molecule has 9 atom stereocenters. The number of phenolic OH excluding ortho intramolecular Hbond substituents is 1. The molecule has 4 aliphatic heterocycles. The number of aliphatic hydroxyl groups excluding tert-OH is 1. The third kappa shape index (κ3) is 2.25. The number of nitrogens with one attached hydrogen (secondary N) is 1. The SMILES string of the molecule is CN[C@H]1CC[C@H](c2ccc(O)c3c2C(=O)C24OC2([C@@H](C)O[C@@H]2CC(=O)O[C@@H]24)[C@H]3O)O[C@@H]1C. The minimum Gasteiger partial charge on any atom is -0.508 e. The average molecular weight is 445 g/mol. The molecule has 0 saturated carbocycles. The Labute approximate surface area is 185 Å². The van der Waals surface area contributed by atoms with Crippen molar-refractivity contribution in [3.8, 4) is 5.75 Å². The number of carbonyl (C=O) groups is 2. The highest BCUT2D eigenvalue weighted by Crippen LogP contribution is 2.69. The Morgan fingerprint density at radius 3 is 2.66 bits per heavy atom. The Balaban J connectivity index is 1.49. The number of Topliss-reactive ketones (excluding diaryl/α,β-unsaturated/α-hetero) is 1. The zero-order valence-electron chi connectivity index (χ0n) is 18.2. The van der Waals surface area contributed by atoms with E-state index in [2.05, 4.69) is 5.32 Å². The number of ether oxygens (including phenoxy) is 4. The van der Waals surface area contributed by atoms with Gasteiger partial charge in [-0.15, -0.1) is 0 Å². The lowest BCUT2D eigenvalue weighted by molar-refractivity contribution is -0.149. The second kappa shape index (κ2) is 6.51. The maximum atomic E-state index is 14.1. The van der Waals surface area contributed by atoms with E-state index < -0.39 is 47.4 Å². The number of rotatable bonds is 2. The molecule has 0 spiro atoms. The smallest absolute Gasteiger partial charge is 0.309 e. The highest BCUT2D eigenvalue weighted by molar-refractivity contribution is 6.11. The molecule has 32 heavy (non-hydrogen) atoms. The van der Waals surface area contributed by atoms with Crippen LogP contribution in [-0.2, 0) is 23.7 Å². The fourth-order valence-electron chi connectivity index (χ4n) is 6.52. The summed E-state index contributed by atoms with van der Waals surface area (Å²) in [7, 11) is 1.89. The van der Waals surface area contributed by atoms with Crippen LogP contribution in [0.1, 0.15) is 66.8 Å². The topological polar surface area (TPSA) is 127 Å². The van der Waals surface area contributed by atoms with Gasteiger partial charge in [0, 0.05) is 17.2 Å². The summed E-state index contributed by atoms with van der Waals surface area (Å²) in [5.41, 5.74) is -1.98. The van der Waals surface area contributed by atoms with Crippen molar-refractivity contribution in [3.05, 3.63) is 28.8 Å². The molecule has 1 aromatic rings. The number of aliphatic hydroxyl groups is 1. The maximum Gasteiger partial charge on any atom is 0.309 e. The fourth-order valence-corrected chi connectivity index (χ4v) is 6.52. The van der Waals surface area contributed by atoms with E-state index in [1.807, 2.05) is 14.0 Å². The predicted octanol–water partition coefficient (Wildman–Crippen LogP) is 1.06. The van der Waals surface area contributed by atoms with Gasteiger partial charge in [-0.25, -0.2) is 0 Å². The van der Waals surface area contributed by atoms with Gasteiger partial charge in [0.15, 0.2) is 11.7 Å². The molecule has 9 nitrogen and oxygen atoms in total. The maximum absolute atomic E-state index is 14.1. The summed E-state index contributed by atoms with van der Waals surface area (Å²) < 4.78 is 23.8. The first-order valence-electron chi connectivity index (χ1n) is 11.2. The van der Waals surface area contributed by atoms with Gasteiger partial charge in [-0.05, 0) is 45.4 Å². The van der Waals surface area contributed by atoms with Gasteiger partial charge in [0.1, 0.15) is 18.0 Å². The number of carbonyl (C=O) groups excluding carboxylic acids is 2. The number of aromatic hydroxyl groups is 1. The van der Waals surface area contributed by atoms with Gasteiger partial charge in [0.2, 0.25) is 11.4 Å². The number of likely N-dealkylation sites (N-methyl/N-ethyl adjacent to an activating group) is 1. The van der Waals surface area contributed by atoms with Crippen LogP contribution in [0.3, 0.4) is 0 Å². The Bertz CT molecular complexity index is 1030. The van der Waals surface area contributed by atoms with Gasteiger partial charge in [-0.3, -0.25) is 9.59 Å². The quantitative estimate of drug-likeness (QED) is 0.452. The van der Waals surface area contributed by atoms with Crippen LogP contribution in [0.5, 0.6) is 5.75 Å². The van der Waals surface area contributed by atoms with Crippen molar-refractivity contribution in [2.75, 3.05) is 7.05 Å². The predicted molar refractivity (Wildman–Crippen MR) is 108 cm³/mol. The van der Waals surface area contributed by atoms with Crippen molar-refractivity contribution >= 4 is 11.8 Å². The van der Waals surface area contributed by atoms with E-state index in [4.69, 9.17) is 18.9 Å². The number of benzene rings is 1. The van der Waals surface area contributed by atoms with Crippen molar-refractivity contribution in [1.82, 2.24) is 5.32 Å². The third-order valence-electron chi connectivity index (χ3n) is 8.12. The molecular weight excluding hydrogens is 418 g/mol. The van der Waals surface area contributed by atoms with E-state index >= 15 is 0 Å². The molecule has 4 fully saturated rings. The molecule has 1 aliphatic carbocycles. The summed E-state index contributed by atoms with van der Waals surface area (Å²) in [5, 5.41) is 25.4. The summed E-state index contributed by atoms with van der Waals surface area (Å²) >= 11 is 0. The summed E-state index contributed by atoms with van der Waals surface area (Å²) in [4.78, 5) is 26.2. The Morgan fingerprint density at radius 2 is 1.94 bits per heavy atom. The minimum atomic E-state index is -1.52. The molecule has 6 rings (SSSR count). The van der Waals surface area contributed by atoms with Gasteiger partial charge in [0.25, 0.3) is 0 Å². The molecule has 4 heterocycles. The second-order valence-electron chi connectivity index (χ2n) is 9.56. The molecular formula is C23H27NO8. The monoisotopic (exact) mass is 445 g/mol. The number of fused-ring (bicyclic) bond motifs is 2. The number of esters is 1. The van der Waals surface area contributed by atoms with Crippen LogP contribution in [0.15, 0.2) is 12.1 Å². The van der Waals surface area contributed by atoms with E-state index in [0.29, 0.717) is 12.0 Å². The van der Waals surface area contributed by atoms with Crippen LogP contribution in [0.2, 0.25) is 0 Å². The molecule has 4 saturated heterocycles. The van der Waals surface area contributed by atoms with Crippen LogP contribution in [-0.4, -0.2) is 70.7 Å². The summed E-state index contributed by atoms with van der Waals surface area (Å²) in [5.74, 6) is -1.03. The zero-order valence-corrected chi connectivity index (χ0v) is 18.2. The van der Waals surface area contributed by atoms with Crippen LogP contribution < -0.4 is 5.32 Å². The van der Waals surface area contributed by atoms with Crippen molar-refractivity contribution in [3.63, 3.8) is 0 Å². The largest absolute Gasteiger partial charge is 0.508 e. The first-order valence-corrected chi connectivity index (χ1v) is 11.2. The molecule has 3 N–H and O–H groups in total. The number of ketones is 1. The molecule has 0 radical (unpaired) electrons. The van der Waals surface area contributed by atoms with Crippen molar-refractivity contribution < 1.29 is 38.7 Å². The number of hydrogen-bond acceptors (Lipinski definition) is 9. The van der Waals surface area contributed by atoms with Crippen LogP contribution in [0, 0.1) is 0 Å². The Kier molecular flexibility index (Phi) is 4.18. The molecule has 5 aliphatic rings. The van der Waals surface area contributed by atoms with Crippen molar-refractivity contribution in [2.24, 2.45) is 0 Å². The zero-order chi connectivity index (χ0) is 22.6. The number of epoxide rings is 1. The lowest BCUT2D eigenvalue weighted by Crippen LogP contribution is -2.62. The first-order chi connectivity index (χ1) is 15.3. The third-order valence-corrected chi connectivity index (χ3v) is 8.12. The van der Waals surface area contributed by atoms with E-state index in [9.17, 15) is 19.8 Å². The van der Waals surface area contributed by atoms with E-state index in [0.717, 1.165) is 6.42 Å². The van der Waals surface area contributed by atoms with Gasteiger partial charge < -0.3 is 34.5 Å². The van der Waals surface area contributed by atoms with Crippen LogP contribution >= 0.6 is 0 Å². The van der Waals surface area contributed by atoms with E-state index in [1.54, 1.807) is 13.0 Å². The highest BCUT2D eigenvalue weighted by Gasteiger charge is 2.90. The molecule has 0 aromatic heterocycles. The molecule has 2 unspecified atom stereocenters. The van der Waals surface area contributed by atoms with Gasteiger partial charge in [-0.2, -0.15) is 0 Å². The average Bonchev–Trinajstić information content (AvgIpc) is 3.38. The molecule has 172 valence electrons. The fraction of sp³-hybridized carbons (Fsp3) is 0.652. The summed E-state index contributed by atoms with van der Waals surface area (Å²) in [6.07, 6.45) is -2.43. The minimum absolute atomic E-state index is 0.0357. The van der Waals surface area contributed by atoms with Gasteiger partial charge in [0.05, 0.1) is 24.7 Å². The molecule has 0 bridgehead atoms. The number of phenols is 1. The lowest BCUT2D eigenvalue weighted by Gasteiger charge is -2.43. The normalized spacial score (nSPS) is 46.6. The van der Waals surface area contributed by atoms with Gasteiger partial charge >= 0.3 is 5.97 Å². The molecule has 9 heteroatoms. The van der Waals surface area contributed by atoms with Crippen molar-refractivity contribution in [2.45, 2.75) is 87.0 Å². The van der Waals surface area contributed by atoms with Crippen LogP contribution in [0.25, 0.3) is 0 Å². The standard InChI is InChI=1S/C23H27NO8/c1-9-12(24-3)5-7-14(29-9)11-4-6-13(25)18-17(11)19(27)23-21-15(8-16(26)31-21)30-10(2)22(23,32-23)20(18)28/h4,6,9-10,12,14-15,20-21,24-25,28H,5,7-8H2,1-3H3/t9-,10-,12+,14-,15-,20+,21+,22?,23?/m1/s1.